The molecule has 88 valence electrons. The Hall–Kier alpha value is -1.88. The summed E-state index contributed by atoms with van der Waals surface area (Å²) in [7, 11) is 1.38. The van der Waals surface area contributed by atoms with Gasteiger partial charge in [0.15, 0.2) is 11.2 Å². The first-order chi connectivity index (χ1) is 8.31. The summed E-state index contributed by atoms with van der Waals surface area (Å²) < 4.78 is 4.79. The van der Waals surface area contributed by atoms with Crippen molar-refractivity contribution in [1.82, 2.24) is 4.98 Å². The number of methoxy groups -OCH3 is 1. The van der Waals surface area contributed by atoms with Gasteiger partial charge in [-0.3, -0.25) is 0 Å². The van der Waals surface area contributed by atoms with Crippen LogP contribution in [0.1, 0.15) is 11.6 Å². The van der Waals surface area contributed by atoms with Crippen LogP contribution in [0.5, 0.6) is 0 Å². The predicted octanol–water partition coefficient (Wildman–Crippen LogP) is 2.47. The van der Waals surface area contributed by atoms with E-state index in [1.54, 1.807) is 6.20 Å². The fraction of sp³-hybridized carbons (Fsp3) is 0.167. The van der Waals surface area contributed by atoms with Crippen molar-refractivity contribution in [3.63, 3.8) is 0 Å². The Morgan fingerprint density at radius 1 is 1.41 bits per heavy atom. The Bertz CT molecular complexity index is 471. The molecule has 0 radical (unpaired) electrons. The van der Waals surface area contributed by atoms with E-state index in [4.69, 9.17) is 4.74 Å². The van der Waals surface area contributed by atoms with Crippen molar-refractivity contribution in [1.29, 1.82) is 0 Å². The van der Waals surface area contributed by atoms with Gasteiger partial charge in [0, 0.05) is 11.6 Å². The third-order valence-corrected chi connectivity index (χ3v) is 2.97. The van der Waals surface area contributed by atoms with Crippen LogP contribution in [0.15, 0.2) is 41.9 Å². The van der Waals surface area contributed by atoms with E-state index in [2.05, 4.69) is 10.3 Å². The standard InChI is InChI=1S/C12H12N2O2S/c1-16-11(15)10(9-5-3-2-4-6-9)14-12-13-7-8-17-12/h2-8,10H,1H3,(H,13,14)/t10-/m0/s1. The van der Waals surface area contributed by atoms with Crippen molar-refractivity contribution in [3.8, 4) is 0 Å². The molecule has 17 heavy (non-hydrogen) atoms. The maximum Gasteiger partial charge on any atom is 0.333 e. The van der Waals surface area contributed by atoms with E-state index in [-0.39, 0.29) is 5.97 Å². The van der Waals surface area contributed by atoms with Gasteiger partial charge in [-0.15, -0.1) is 11.3 Å². The van der Waals surface area contributed by atoms with Crippen molar-refractivity contribution in [2.75, 3.05) is 12.4 Å². The normalized spacial score (nSPS) is 11.8. The molecule has 2 rings (SSSR count). The SMILES string of the molecule is COC(=O)[C@@H](Nc1nccs1)c1ccccc1. The minimum absolute atomic E-state index is 0.327. The zero-order valence-electron chi connectivity index (χ0n) is 9.29. The summed E-state index contributed by atoms with van der Waals surface area (Å²) in [6.07, 6.45) is 1.69. The highest BCUT2D eigenvalue weighted by Gasteiger charge is 2.21. The molecule has 0 bridgehead atoms. The number of hydrogen-bond acceptors (Lipinski definition) is 5. The summed E-state index contributed by atoms with van der Waals surface area (Å²) in [4.78, 5) is 15.8. The first-order valence-electron chi connectivity index (χ1n) is 5.10. The third kappa shape index (κ3) is 2.82. The summed E-state index contributed by atoms with van der Waals surface area (Å²) >= 11 is 1.44. The van der Waals surface area contributed by atoms with Crippen molar-refractivity contribution in [3.05, 3.63) is 47.5 Å². The van der Waals surface area contributed by atoms with Crippen LogP contribution in [0, 0.1) is 0 Å². The molecule has 2 aromatic rings. The smallest absolute Gasteiger partial charge is 0.333 e. The van der Waals surface area contributed by atoms with Gasteiger partial charge in [-0.25, -0.2) is 9.78 Å². The number of esters is 1. The average molecular weight is 248 g/mol. The number of thiazole rings is 1. The predicted molar refractivity (Wildman–Crippen MR) is 66.9 cm³/mol. The van der Waals surface area contributed by atoms with Crippen LogP contribution in [-0.4, -0.2) is 18.1 Å². The van der Waals surface area contributed by atoms with Crippen molar-refractivity contribution >= 4 is 22.4 Å². The van der Waals surface area contributed by atoms with Gasteiger partial charge < -0.3 is 10.1 Å². The van der Waals surface area contributed by atoms with Crippen LogP contribution < -0.4 is 5.32 Å². The fourth-order valence-corrected chi connectivity index (χ4v) is 2.02. The lowest BCUT2D eigenvalue weighted by atomic mass is 10.1. The Kier molecular flexibility index (Phi) is 3.72. The molecule has 0 unspecified atom stereocenters. The minimum Gasteiger partial charge on any atom is -0.467 e. The van der Waals surface area contributed by atoms with Crippen LogP contribution in [0.25, 0.3) is 0 Å². The molecule has 0 saturated heterocycles. The number of nitrogens with one attached hydrogen (secondary N) is 1. The summed E-state index contributed by atoms with van der Waals surface area (Å²) in [5.41, 5.74) is 0.856. The van der Waals surface area contributed by atoms with Crippen LogP contribution in [0.2, 0.25) is 0 Å². The summed E-state index contributed by atoms with van der Waals surface area (Å²) in [5.74, 6) is -0.327. The molecule has 1 atom stereocenters. The zero-order chi connectivity index (χ0) is 12.1. The van der Waals surface area contributed by atoms with Crippen molar-refractivity contribution < 1.29 is 9.53 Å². The molecule has 0 amide bonds. The zero-order valence-corrected chi connectivity index (χ0v) is 10.1. The van der Waals surface area contributed by atoms with E-state index >= 15 is 0 Å². The maximum atomic E-state index is 11.7. The van der Waals surface area contributed by atoms with Crippen molar-refractivity contribution in [2.24, 2.45) is 0 Å². The molecule has 0 aliphatic carbocycles. The van der Waals surface area contributed by atoms with E-state index in [0.29, 0.717) is 5.13 Å². The lowest BCUT2D eigenvalue weighted by Gasteiger charge is -2.15. The van der Waals surface area contributed by atoms with E-state index in [1.165, 1.54) is 18.4 Å². The molecular weight excluding hydrogens is 236 g/mol. The highest BCUT2D eigenvalue weighted by atomic mass is 32.1. The molecule has 0 aliphatic heterocycles. The average Bonchev–Trinajstić information content (AvgIpc) is 2.89. The molecule has 0 fully saturated rings. The molecule has 1 heterocycles. The van der Waals surface area contributed by atoms with E-state index in [0.717, 1.165) is 5.56 Å². The van der Waals surface area contributed by atoms with Crippen LogP contribution in [-0.2, 0) is 9.53 Å². The molecule has 4 nitrogen and oxygen atoms in total. The Labute approximate surface area is 103 Å². The first-order valence-corrected chi connectivity index (χ1v) is 5.98. The van der Waals surface area contributed by atoms with Gasteiger partial charge in [0.2, 0.25) is 0 Å². The monoisotopic (exact) mass is 248 g/mol. The minimum atomic E-state index is -0.521. The Morgan fingerprint density at radius 3 is 2.76 bits per heavy atom. The second kappa shape index (κ2) is 5.45. The lowest BCUT2D eigenvalue weighted by Crippen LogP contribution is -2.22. The number of ether oxygens (including phenoxy) is 1. The van der Waals surface area contributed by atoms with E-state index < -0.39 is 6.04 Å². The van der Waals surface area contributed by atoms with Gasteiger partial charge in [-0.05, 0) is 5.56 Å². The van der Waals surface area contributed by atoms with Gasteiger partial charge >= 0.3 is 5.97 Å². The maximum absolute atomic E-state index is 11.7. The Morgan fingerprint density at radius 2 is 2.18 bits per heavy atom. The Balaban J connectivity index is 2.23. The summed E-state index contributed by atoms with van der Waals surface area (Å²) in [6, 6.07) is 8.90. The number of aromatic nitrogens is 1. The van der Waals surface area contributed by atoms with E-state index in [9.17, 15) is 4.79 Å². The summed E-state index contributed by atoms with van der Waals surface area (Å²) in [6.45, 7) is 0. The largest absolute Gasteiger partial charge is 0.467 e. The number of anilines is 1. The molecule has 1 N–H and O–H groups in total. The molecular formula is C12H12N2O2S. The van der Waals surface area contributed by atoms with Gasteiger partial charge in [0.1, 0.15) is 0 Å². The van der Waals surface area contributed by atoms with Gasteiger partial charge in [-0.1, -0.05) is 30.3 Å². The molecule has 1 aromatic carbocycles. The molecule has 0 spiro atoms. The van der Waals surface area contributed by atoms with Gasteiger partial charge in [0.25, 0.3) is 0 Å². The first kappa shape index (κ1) is 11.6. The number of nitrogens with zero attached hydrogens (tertiary/aromatic N) is 1. The fourth-order valence-electron chi connectivity index (χ4n) is 1.46. The van der Waals surface area contributed by atoms with Crippen LogP contribution in [0.3, 0.4) is 0 Å². The third-order valence-electron chi connectivity index (χ3n) is 2.27. The second-order valence-electron chi connectivity index (χ2n) is 3.35. The lowest BCUT2D eigenvalue weighted by molar-refractivity contribution is -0.141. The quantitative estimate of drug-likeness (QED) is 0.844. The summed E-state index contributed by atoms with van der Waals surface area (Å²) in [5, 5.41) is 5.61. The number of rotatable bonds is 4. The number of carbonyl (C=O) groups is 1. The number of benzene rings is 1. The topological polar surface area (TPSA) is 51.2 Å². The van der Waals surface area contributed by atoms with Crippen LogP contribution >= 0.6 is 11.3 Å². The molecule has 1 aromatic heterocycles. The molecule has 5 heteroatoms. The highest BCUT2D eigenvalue weighted by Crippen LogP contribution is 2.22. The second-order valence-corrected chi connectivity index (χ2v) is 4.24. The number of hydrogen-bond donors (Lipinski definition) is 1. The van der Waals surface area contributed by atoms with Crippen LogP contribution in [0.4, 0.5) is 5.13 Å². The highest BCUT2D eigenvalue weighted by molar-refractivity contribution is 7.13. The molecule has 0 aliphatic rings. The van der Waals surface area contributed by atoms with Gasteiger partial charge in [-0.2, -0.15) is 0 Å². The molecule has 0 saturated carbocycles. The van der Waals surface area contributed by atoms with Crippen molar-refractivity contribution in [2.45, 2.75) is 6.04 Å². The number of carbonyl (C=O) groups excluding carboxylic acids is 1. The van der Waals surface area contributed by atoms with Gasteiger partial charge in [0.05, 0.1) is 7.11 Å². The van der Waals surface area contributed by atoms with E-state index in [1.807, 2.05) is 35.7 Å².